The normalized spacial score (nSPS) is 25.9. The van der Waals surface area contributed by atoms with Crippen LogP contribution >= 0.6 is 11.6 Å². The van der Waals surface area contributed by atoms with Gasteiger partial charge in [0, 0.05) is 48.2 Å². The third-order valence-corrected chi connectivity index (χ3v) is 9.91. The molecule has 0 radical (unpaired) electrons. The topological polar surface area (TPSA) is 61.8 Å². The van der Waals surface area contributed by atoms with Crippen molar-refractivity contribution >= 4 is 39.7 Å². The van der Waals surface area contributed by atoms with Gasteiger partial charge in [0.05, 0.1) is 17.3 Å². The van der Waals surface area contributed by atoms with E-state index in [9.17, 15) is 4.79 Å². The average Bonchev–Trinajstić information content (AvgIpc) is 3.56. The average molecular weight is 558 g/mol. The Morgan fingerprint density at radius 2 is 1.95 bits per heavy atom. The Hall–Kier alpha value is -3.16. The molecule has 3 fully saturated rings. The largest absolute Gasteiger partial charge is 0.462 e. The molecule has 0 spiro atoms. The molecule has 3 aromatic rings. The predicted octanol–water partition coefficient (Wildman–Crippen LogP) is 5.15. The highest BCUT2D eigenvalue weighted by Crippen LogP contribution is 2.53. The minimum Gasteiger partial charge on any atom is -0.462 e. The number of carbonyl (C=O) groups excluding carboxylic acids is 1. The summed E-state index contributed by atoms with van der Waals surface area (Å²) in [5, 5.41) is 2.99. The number of aromatic nitrogens is 2. The molecule has 4 heterocycles. The number of anilines is 2. The Morgan fingerprint density at radius 3 is 2.75 bits per heavy atom. The van der Waals surface area contributed by atoms with Crippen LogP contribution in [-0.4, -0.2) is 66.5 Å². The summed E-state index contributed by atoms with van der Waals surface area (Å²) in [4.78, 5) is 29.6. The van der Waals surface area contributed by atoms with Crippen molar-refractivity contribution in [2.75, 3.05) is 49.6 Å². The second kappa shape index (κ2) is 10.3. The number of allylic oxidation sites excluding steroid dienone is 1. The standard InChI is InChI=1S/C32H36ClN5O2/c1-3-28(39)30-22-12-16-38(17-24(22)30)31-23-13-15-37(27-11-5-8-20-7-4-10-25(33)29(20)27)18-26(23)34-32(35-31)40-19-21-9-6-14-36(21)2/h3-5,7-8,10-11,21-22,24,30H,1,6,9,12-19H2,2H3/t21?,22-,24+,30+/m1/s1. The van der Waals surface area contributed by atoms with E-state index in [0.29, 0.717) is 37.0 Å². The minimum absolute atomic E-state index is 0.125. The first-order valence-electron chi connectivity index (χ1n) is 14.6. The number of piperidine rings is 1. The lowest BCUT2D eigenvalue weighted by Crippen LogP contribution is -2.37. The molecule has 8 heteroatoms. The zero-order valence-electron chi connectivity index (χ0n) is 23.1. The first kappa shape index (κ1) is 25.8. The molecule has 7 nitrogen and oxygen atoms in total. The molecule has 1 aromatic heterocycles. The number of carbonyl (C=O) groups is 1. The molecule has 4 atom stereocenters. The number of fused-ring (bicyclic) bond motifs is 3. The summed E-state index contributed by atoms with van der Waals surface area (Å²) >= 11 is 6.70. The van der Waals surface area contributed by atoms with Crippen molar-refractivity contribution in [3.05, 3.63) is 65.3 Å². The molecule has 0 N–H and O–H groups in total. The van der Waals surface area contributed by atoms with E-state index in [0.717, 1.165) is 78.4 Å². The van der Waals surface area contributed by atoms with Gasteiger partial charge in [-0.05, 0) is 74.7 Å². The first-order valence-corrected chi connectivity index (χ1v) is 15.0. The van der Waals surface area contributed by atoms with Gasteiger partial charge in [0.1, 0.15) is 12.4 Å². The molecule has 3 aliphatic heterocycles. The van der Waals surface area contributed by atoms with Crippen LogP contribution in [0.5, 0.6) is 6.01 Å². The zero-order chi connectivity index (χ0) is 27.4. The number of ketones is 1. The van der Waals surface area contributed by atoms with Crippen LogP contribution in [0.3, 0.4) is 0 Å². The number of halogens is 1. The van der Waals surface area contributed by atoms with Crippen LogP contribution in [0.4, 0.5) is 11.5 Å². The summed E-state index contributed by atoms with van der Waals surface area (Å²) in [5.74, 6) is 2.18. The van der Waals surface area contributed by atoms with Crippen molar-refractivity contribution in [2.24, 2.45) is 17.8 Å². The number of likely N-dealkylation sites (tertiary alicyclic amines) is 1. The molecule has 208 valence electrons. The number of hydrogen-bond donors (Lipinski definition) is 0. The van der Waals surface area contributed by atoms with E-state index in [1.165, 1.54) is 18.1 Å². The summed E-state index contributed by atoms with van der Waals surface area (Å²) in [6.45, 7) is 8.71. The predicted molar refractivity (Wildman–Crippen MR) is 159 cm³/mol. The summed E-state index contributed by atoms with van der Waals surface area (Å²) in [6, 6.07) is 13.3. The Kier molecular flexibility index (Phi) is 6.67. The fraction of sp³-hybridized carbons (Fsp3) is 0.469. The van der Waals surface area contributed by atoms with Crippen molar-refractivity contribution in [1.29, 1.82) is 0 Å². The van der Waals surface area contributed by atoms with E-state index in [-0.39, 0.29) is 11.7 Å². The van der Waals surface area contributed by atoms with Crippen LogP contribution in [0, 0.1) is 17.8 Å². The lowest BCUT2D eigenvalue weighted by atomic mass is 10.0. The monoisotopic (exact) mass is 557 g/mol. The smallest absolute Gasteiger partial charge is 0.318 e. The van der Waals surface area contributed by atoms with Crippen LogP contribution in [0.25, 0.3) is 10.8 Å². The lowest BCUT2D eigenvalue weighted by molar-refractivity contribution is -0.116. The van der Waals surface area contributed by atoms with E-state index in [2.05, 4.69) is 52.6 Å². The molecule has 0 amide bonds. The number of nitrogens with zero attached hydrogens (tertiary/aromatic N) is 5. The number of rotatable bonds is 7. The van der Waals surface area contributed by atoms with Gasteiger partial charge in [0.15, 0.2) is 5.78 Å². The Morgan fingerprint density at radius 1 is 1.10 bits per heavy atom. The fourth-order valence-electron chi connectivity index (χ4n) is 7.31. The van der Waals surface area contributed by atoms with E-state index >= 15 is 0 Å². The maximum absolute atomic E-state index is 12.4. The molecule has 2 aromatic carbocycles. The highest BCUT2D eigenvalue weighted by atomic mass is 35.5. The van der Waals surface area contributed by atoms with Crippen LogP contribution in [0.2, 0.25) is 5.02 Å². The maximum atomic E-state index is 12.4. The van der Waals surface area contributed by atoms with E-state index in [1.54, 1.807) is 0 Å². The highest BCUT2D eigenvalue weighted by molar-refractivity contribution is 6.36. The second-order valence-electron chi connectivity index (χ2n) is 11.8. The minimum atomic E-state index is 0.125. The van der Waals surface area contributed by atoms with Crippen LogP contribution in [0.1, 0.15) is 30.5 Å². The molecule has 2 saturated heterocycles. The van der Waals surface area contributed by atoms with Gasteiger partial charge in [0.25, 0.3) is 0 Å². The summed E-state index contributed by atoms with van der Waals surface area (Å²) in [5.41, 5.74) is 3.36. The van der Waals surface area contributed by atoms with Gasteiger partial charge in [0.2, 0.25) is 0 Å². The van der Waals surface area contributed by atoms with Crippen molar-refractivity contribution in [3.8, 4) is 6.01 Å². The second-order valence-corrected chi connectivity index (χ2v) is 12.2. The number of hydrogen-bond acceptors (Lipinski definition) is 7. The molecule has 0 bridgehead atoms. The van der Waals surface area contributed by atoms with Crippen LogP contribution < -0.4 is 14.5 Å². The summed E-state index contributed by atoms with van der Waals surface area (Å²) in [7, 11) is 2.16. The third-order valence-electron chi connectivity index (χ3n) is 9.60. The fourth-order valence-corrected chi connectivity index (χ4v) is 7.59. The number of ether oxygens (including phenoxy) is 1. The lowest BCUT2D eigenvalue weighted by Gasteiger charge is -2.35. The van der Waals surface area contributed by atoms with Gasteiger partial charge in [-0.2, -0.15) is 9.97 Å². The van der Waals surface area contributed by atoms with Gasteiger partial charge in [-0.25, -0.2) is 0 Å². The van der Waals surface area contributed by atoms with Crippen LogP contribution in [0.15, 0.2) is 49.1 Å². The third kappa shape index (κ3) is 4.53. The molecular weight excluding hydrogens is 522 g/mol. The zero-order valence-corrected chi connectivity index (χ0v) is 23.8. The molecule has 1 unspecified atom stereocenters. The van der Waals surface area contributed by atoms with E-state index < -0.39 is 0 Å². The maximum Gasteiger partial charge on any atom is 0.318 e. The summed E-state index contributed by atoms with van der Waals surface area (Å²) in [6.07, 6.45) is 5.69. The highest BCUT2D eigenvalue weighted by Gasteiger charge is 2.55. The quantitative estimate of drug-likeness (QED) is 0.372. The number of benzene rings is 2. The van der Waals surface area contributed by atoms with Crippen molar-refractivity contribution in [1.82, 2.24) is 14.9 Å². The molecule has 4 aliphatic rings. The van der Waals surface area contributed by atoms with Gasteiger partial charge in [-0.15, -0.1) is 0 Å². The van der Waals surface area contributed by atoms with Gasteiger partial charge < -0.3 is 19.4 Å². The summed E-state index contributed by atoms with van der Waals surface area (Å²) < 4.78 is 6.30. The van der Waals surface area contributed by atoms with Crippen molar-refractivity contribution < 1.29 is 9.53 Å². The van der Waals surface area contributed by atoms with Gasteiger partial charge in [-0.1, -0.05) is 42.4 Å². The van der Waals surface area contributed by atoms with Crippen molar-refractivity contribution in [2.45, 2.75) is 38.3 Å². The van der Waals surface area contributed by atoms with E-state index in [4.69, 9.17) is 26.3 Å². The van der Waals surface area contributed by atoms with Gasteiger partial charge in [-0.3, -0.25) is 4.79 Å². The van der Waals surface area contributed by atoms with E-state index in [1.807, 2.05) is 12.1 Å². The Bertz CT molecular complexity index is 1470. The molecule has 1 aliphatic carbocycles. The first-order chi connectivity index (χ1) is 19.5. The molecular formula is C32H36ClN5O2. The van der Waals surface area contributed by atoms with Crippen molar-refractivity contribution in [3.63, 3.8) is 0 Å². The molecule has 7 rings (SSSR count). The van der Waals surface area contributed by atoms with Crippen LogP contribution in [-0.2, 0) is 17.8 Å². The Labute approximate surface area is 240 Å². The molecule has 40 heavy (non-hydrogen) atoms. The Balaban J connectivity index is 1.21. The molecule has 1 saturated carbocycles. The van der Waals surface area contributed by atoms with Gasteiger partial charge >= 0.3 is 6.01 Å². The SMILES string of the molecule is C=CC(=O)[C@H]1[C@@H]2CCN(c3nc(OCC4CCCN4C)nc4c3CCN(c3cccc5cccc(Cl)c35)C4)C[C@@H]21. The number of likely N-dealkylation sites (N-methyl/N-ethyl adjacent to an activating group) is 1.